The lowest BCUT2D eigenvalue weighted by molar-refractivity contribution is 0.580. The first-order valence-electron chi connectivity index (χ1n) is 6.62. The third kappa shape index (κ3) is 3.46. The number of nitrogens with two attached hydrogens (primary N) is 2. The second-order valence-corrected chi connectivity index (χ2v) is 6.53. The number of hydrogen-bond acceptors (Lipinski definition) is 4. The van der Waals surface area contributed by atoms with Gasteiger partial charge in [0.15, 0.2) is 0 Å². The van der Waals surface area contributed by atoms with Crippen LogP contribution >= 0.6 is 0 Å². The summed E-state index contributed by atoms with van der Waals surface area (Å²) in [6.07, 6.45) is 4.66. The summed E-state index contributed by atoms with van der Waals surface area (Å²) in [6, 6.07) is 7.08. The van der Waals surface area contributed by atoms with E-state index in [2.05, 4.69) is 4.90 Å². The molecule has 1 saturated heterocycles. The molecule has 1 fully saturated rings. The first kappa shape index (κ1) is 14.3. The smallest absolute Gasteiger partial charge is 0.238 e. The van der Waals surface area contributed by atoms with Gasteiger partial charge >= 0.3 is 0 Å². The molecule has 1 aliphatic heterocycles. The first-order chi connectivity index (χ1) is 9.02. The molecule has 0 saturated carbocycles. The van der Waals surface area contributed by atoms with Crippen LogP contribution in [-0.4, -0.2) is 27.5 Å². The Hall–Kier alpha value is -1.11. The van der Waals surface area contributed by atoms with Crippen LogP contribution in [-0.2, 0) is 10.0 Å². The molecule has 1 unspecified atom stereocenters. The summed E-state index contributed by atoms with van der Waals surface area (Å²) in [4.78, 5) is 2.43. The molecule has 0 spiro atoms. The van der Waals surface area contributed by atoms with Crippen LogP contribution < -0.4 is 15.8 Å². The molecule has 0 amide bonds. The highest BCUT2D eigenvalue weighted by atomic mass is 32.2. The molecule has 1 aliphatic rings. The lowest BCUT2D eigenvalue weighted by atomic mass is 10.1. The molecule has 0 aromatic heterocycles. The fourth-order valence-electron chi connectivity index (χ4n) is 2.59. The van der Waals surface area contributed by atoms with Crippen molar-refractivity contribution in [1.82, 2.24) is 0 Å². The van der Waals surface area contributed by atoms with Gasteiger partial charge in [0.2, 0.25) is 10.0 Å². The second-order valence-electron chi connectivity index (χ2n) is 4.97. The van der Waals surface area contributed by atoms with Crippen LogP contribution in [0.5, 0.6) is 0 Å². The number of rotatable bonds is 3. The number of anilines is 1. The van der Waals surface area contributed by atoms with E-state index in [9.17, 15) is 8.42 Å². The van der Waals surface area contributed by atoms with Crippen LogP contribution in [0.25, 0.3) is 0 Å². The summed E-state index contributed by atoms with van der Waals surface area (Å²) in [5.74, 6) is 0. The van der Waals surface area contributed by atoms with Gasteiger partial charge in [-0.3, -0.25) is 0 Å². The third-order valence-electron chi connectivity index (χ3n) is 3.65. The molecule has 0 radical (unpaired) electrons. The van der Waals surface area contributed by atoms with Crippen molar-refractivity contribution in [1.29, 1.82) is 0 Å². The fourth-order valence-corrected chi connectivity index (χ4v) is 3.11. The average Bonchev–Trinajstić information content (AvgIpc) is 2.62. The van der Waals surface area contributed by atoms with Crippen LogP contribution in [0.2, 0.25) is 0 Å². The van der Waals surface area contributed by atoms with Gasteiger partial charge in [-0.1, -0.05) is 12.8 Å². The summed E-state index contributed by atoms with van der Waals surface area (Å²) < 4.78 is 22.5. The highest BCUT2D eigenvalue weighted by Crippen LogP contribution is 2.24. The topological polar surface area (TPSA) is 89.4 Å². The highest BCUT2D eigenvalue weighted by Gasteiger charge is 2.20. The zero-order valence-electron chi connectivity index (χ0n) is 11.0. The SMILES string of the molecule is NCC1CCCCCN1c1ccc(S(N)(=O)=O)cc1. The van der Waals surface area contributed by atoms with E-state index in [1.807, 2.05) is 12.1 Å². The Bertz CT molecular complexity index is 513. The molecule has 19 heavy (non-hydrogen) atoms. The molecule has 5 nitrogen and oxygen atoms in total. The molecule has 1 aromatic rings. The molecule has 1 atom stereocenters. The Morgan fingerprint density at radius 2 is 1.84 bits per heavy atom. The van der Waals surface area contributed by atoms with E-state index >= 15 is 0 Å². The maximum Gasteiger partial charge on any atom is 0.238 e. The standard InChI is InChI=1S/C13H21N3O2S/c14-10-12-4-2-1-3-9-16(12)11-5-7-13(8-6-11)19(15,17)18/h5-8,12H,1-4,9-10,14H2,(H2,15,17,18). The van der Waals surface area contributed by atoms with E-state index in [0.29, 0.717) is 12.6 Å². The highest BCUT2D eigenvalue weighted by molar-refractivity contribution is 7.89. The van der Waals surface area contributed by atoms with E-state index in [-0.39, 0.29) is 4.90 Å². The number of hydrogen-bond donors (Lipinski definition) is 2. The number of primary sulfonamides is 1. The molecule has 106 valence electrons. The van der Waals surface area contributed by atoms with Crippen molar-refractivity contribution in [3.05, 3.63) is 24.3 Å². The van der Waals surface area contributed by atoms with Gasteiger partial charge in [0.25, 0.3) is 0 Å². The van der Waals surface area contributed by atoms with Crippen LogP contribution in [0.1, 0.15) is 25.7 Å². The summed E-state index contributed by atoms with van der Waals surface area (Å²) in [5, 5.41) is 5.10. The van der Waals surface area contributed by atoms with Gasteiger partial charge in [-0.15, -0.1) is 0 Å². The third-order valence-corrected chi connectivity index (χ3v) is 4.58. The largest absolute Gasteiger partial charge is 0.367 e. The van der Waals surface area contributed by atoms with Gasteiger partial charge in [-0.2, -0.15) is 0 Å². The predicted octanol–water partition coefficient (Wildman–Crippen LogP) is 1.04. The van der Waals surface area contributed by atoms with Crippen molar-refractivity contribution in [2.45, 2.75) is 36.6 Å². The van der Waals surface area contributed by atoms with E-state index < -0.39 is 10.0 Å². The zero-order chi connectivity index (χ0) is 13.9. The first-order valence-corrected chi connectivity index (χ1v) is 8.16. The van der Waals surface area contributed by atoms with Crippen molar-refractivity contribution in [2.75, 3.05) is 18.0 Å². The summed E-state index contributed by atoms with van der Waals surface area (Å²) in [7, 11) is -3.62. The lowest BCUT2D eigenvalue weighted by Crippen LogP contribution is -2.40. The molecule has 1 heterocycles. The summed E-state index contributed by atoms with van der Waals surface area (Å²) in [5.41, 5.74) is 6.86. The summed E-state index contributed by atoms with van der Waals surface area (Å²) in [6.45, 7) is 1.59. The molecule has 0 bridgehead atoms. The van der Waals surface area contributed by atoms with Gasteiger partial charge in [0.1, 0.15) is 0 Å². The van der Waals surface area contributed by atoms with Gasteiger partial charge < -0.3 is 10.6 Å². The summed E-state index contributed by atoms with van der Waals surface area (Å²) >= 11 is 0. The van der Waals surface area contributed by atoms with Crippen LogP contribution in [0.15, 0.2) is 29.2 Å². The van der Waals surface area contributed by atoms with Gasteiger partial charge in [-0.05, 0) is 37.1 Å². The van der Waals surface area contributed by atoms with E-state index in [1.165, 1.54) is 12.8 Å². The molecule has 0 aliphatic carbocycles. The normalized spacial score (nSPS) is 21.2. The quantitative estimate of drug-likeness (QED) is 0.867. The van der Waals surface area contributed by atoms with Crippen molar-refractivity contribution < 1.29 is 8.42 Å². The van der Waals surface area contributed by atoms with Gasteiger partial charge in [0, 0.05) is 24.8 Å². The molecular weight excluding hydrogens is 262 g/mol. The Balaban J connectivity index is 2.24. The maximum atomic E-state index is 11.2. The van der Waals surface area contributed by atoms with Crippen molar-refractivity contribution in [2.24, 2.45) is 10.9 Å². The average molecular weight is 283 g/mol. The second kappa shape index (κ2) is 5.90. The van der Waals surface area contributed by atoms with Crippen LogP contribution in [0.4, 0.5) is 5.69 Å². The molecule has 6 heteroatoms. The molecule has 4 N–H and O–H groups in total. The number of sulfonamides is 1. The van der Waals surface area contributed by atoms with Crippen molar-refractivity contribution >= 4 is 15.7 Å². The predicted molar refractivity (Wildman–Crippen MR) is 76.5 cm³/mol. The lowest BCUT2D eigenvalue weighted by Gasteiger charge is -2.31. The Labute approximate surface area is 114 Å². The van der Waals surface area contributed by atoms with Crippen molar-refractivity contribution in [3.63, 3.8) is 0 Å². The molecule has 1 aromatic carbocycles. The Morgan fingerprint density at radius 1 is 1.16 bits per heavy atom. The Kier molecular flexibility index (Phi) is 4.44. The van der Waals surface area contributed by atoms with E-state index in [4.69, 9.17) is 10.9 Å². The Morgan fingerprint density at radius 3 is 2.42 bits per heavy atom. The van der Waals surface area contributed by atoms with E-state index in [0.717, 1.165) is 25.1 Å². The molecule has 2 rings (SSSR count). The zero-order valence-corrected chi connectivity index (χ0v) is 11.8. The minimum Gasteiger partial charge on any atom is -0.367 e. The minimum absolute atomic E-state index is 0.148. The van der Waals surface area contributed by atoms with Crippen molar-refractivity contribution in [3.8, 4) is 0 Å². The fraction of sp³-hybridized carbons (Fsp3) is 0.538. The number of nitrogens with zero attached hydrogens (tertiary/aromatic N) is 1. The monoisotopic (exact) mass is 283 g/mol. The van der Waals surface area contributed by atoms with Crippen LogP contribution in [0.3, 0.4) is 0 Å². The molecular formula is C13H21N3O2S. The van der Waals surface area contributed by atoms with E-state index in [1.54, 1.807) is 12.1 Å². The van der Waals surface area contributed by atoms with Gasteiger partial charge in [-0.25, -0.2) is 13.6 Å². The van der Waals surface area contributed by atoms with Gasteiger partial charge in [0.05, 0.1) is 4.90 Å². The van der Waals surface area contributed by atoms with Crippen LogP contribution in [0, 0.1) is 0 Å². The maximum absolute atomic E-state index is 11.2. The number of benzene rings is 1. The minimum atomic E-state index is -3.62.